The van der Waals surface area contributed by atoms with E-state index in [1.165, 1.54) is 32.1 Å². The Morgan fingerprint density at radius 2 is 1.69 bits per heavy atom. The summed E-state index contributed by atoms with van der Waals surface area (Å²) in [4.78, 5) is 12.0. The monoisotopic (exact) mass is 469 g/mol. The minimum atomic E-state index is -3.49. The van der Waals surface area contributed by atoms with Crippen molar-refractivity contribution in [3.8, 4) is 0 Å². The quantitative estimate of drug-likeness (QED) is 0.242. The van der Waals surface area contributed by atoms with Crippen LogP contribution in [0.15, 0.2) is 12.2 Å². The fraction of sp³-hybridized carbons (Fsp3) is 0.880. The lowest BCUT2D eigenvalue weighted by atomic mass is 9.78. The Hall–Kier alpha value is -0.920. The second kappa shape index (κ2) is 13.1. The van der Waals surface area contributed by atoms with E-state index in [0.29, 0.717) is 43.0 Å². The molecule has 2 saturated heterocycles. The van der Waals surface area contributed by atoms with Crippen LogP contribution in [0.1, 0.15) is 96.8 Å². The standard InChI is InChI=1S/C25H43NO5S/c1-2-3-4-5-8-11-18-32(28,29)26-25(27)13-10-7-6-9-12-21-22(19-30-20-14-15-20)24-17-16-23(21)31-24/h6,9,20-24H,2-5,7-8,10-19H2,1H3,(H,26,27)/t21-,22+,23-,24+/m0/s1. The van der Waals surface area contributed by atoms with Gasteiger partial charge in [-0.05, 0) is 57.3 Å². The van der Waals surface area contributed by atoms with Gasteiger partial charge < -0.3 is 9.47 Å². The molecule has 2 bridgehead atoms. The summed E-state index contributed by atoms with van der Waals surface area (Å²) in [5, 5.41) is 0. The molecule has 7 heteroatoms. The number of carbonyl (C=O) groups is 1. The van der Waals surface area contributed by atoms with Crippen molar-refractivity contribution >= 4 is 15.9 Å². The van der Waals surface area contributed by atoms with Crippen LogP contribution in [0.2, 0.25) is 0 Å². The van der Waals surface area contributed by atoms with Crippen LogP contribution in [0.3, 0.4) is 0 Å². The molecule has 1 N–H and O–H groups in total. The molecule has 1 amide bonds. The van der Waals surface area contributed by atoms with Gasteiger partial charge in [-0.2, -0.15) is 0 Å². The molecule has 1 saturated carbocycles. The van der Waals surface area contributed by atoms with Gasteiger partial charge in [0, 0.05) is 12.3 Å². The topological polar surface area (TPSA) is 81.7 Å². The second-order valence-electron chi connectivity index (χ2n) is 9.86. The lowest BCUT2D eigenvalue weighted by Crippen LogP contribution is -2.32. The first-order valence-electron chi connectivity index (χ1n) is 12.9. The highest BCUT2D eigenvalue weighted by atomic mass is 32.2. The van der Waals surface area contributed by atoms with Gasteiger partial charge in [-0.1, -0.05) is 51.2 Å². The van der Waals surface area contributed by atoms with Crippen LogP contribution in [-0.4, -0.2) is 45.0 Å². The molecular weight excluding hydrogens is 426 g/mol. The van der Waals surface area contributed by atoms with E-state index in [0.717, 1.165) is 45.1 Å². The first kappa shape index (κ1) is 25.7. The van der Waals surface area contributed by atoms with Crippen LogP contribution in [-0.2, 0) is 24.3 Å². The summed E-state index contributed by atoms with van der Waals surface area (Å²) in [6.07, 6.45) is 19.1. The summed E-state index contributed by atoms with van der Waals surface area (Å²) in [7, 11) is -3.49. The average molecular weight is 470 g/mol. The Balaban J connectivity index is 1.25. The van der Waals surface area contributed by atoms with Crippen molar-refractivity contribution in [2.24, 2.45) is 11.8 Å². The molecule has 4 atom stereocenters. The van der Waals surface area contributed by atoms with Crippen LogP contribution in [0.4, 0.5) is 0 Å². The van der Waals surface area contributed by atoms with Crippen LogP contribution < -0.4 is 4.72 Å². The fourth-order valence-corrected chi connectivity index (χ4v) is 6.14. The van der Waals surface area contributed by atoms with Gasteiger partial charge in [-0.25, -0.2) is 8.42 Å². The van der Waals surface area contributed by atoms with Gasteiger partial charge in [0.25, 0.3) is 0 Å². The number of ether oxygens (including phenoxy) is 2. The highest BCUT2D eigenvalue weighted by molar-refractivity contribution is 7.90. The Morgan fingerprint density at radius 3 is 2.44 bits per heavy atom. The van der Waals surface area contributed by atoms with Gasteiger partial charge in [-0.3, -0.25) is 9.52 Å². The molecular formula is C25H43NO5S. The number of unbranched alkanes of at least 4 members (excludes halogenated alkanes) is 6. The Labute approximate surface area is 194 Å². The molecule has 3 fully saturated rings. The predicted molar refractivity (Wildman–Crippen MR) is 127 cm³/mol. The molecule has 0 radical (unpaired) electrons. The van der Waals surface area contributed by atoms with E-state index in [2.05, 4.69) is 23.8 Å². The van der Waals surface area contributed by atoms with E-state index in [4.69, 9.17) is 9.47 Å². The summed E-state index contributed by atoms with van der Waals surface area (Å²) in [6.45, 7) is 2.99. The van der Waals surface area contributed by atoms with Crippen molar-refractivity contribution in [3.05, 3.63) is 12.2 Å². The maximum atomic E-state index is 12.0. The van der Waals surface area contributed by atoms with E-state index in [1.807, 2.05) is 0 Å². The zero-order chi connectivity index (χ0) is 22.8. The normalized spacial score (nSPS) is 27.4. The molecule has 0 aromatic carbocycles. The van der Waals surface area contributed by atoms with Gasteiger partial charge in [-0.15, -0.1) is 0 Å². The Kier molecular flexibility index (Phi) is 10.5. The lowest BCUT2D eigenvalue weighted by molar-refractivity contribution is -0.119. The van der Waals surface area contributed by atoms with E-state index in [-0.39, 0.29) is 18.1 Å². The van der Waals surface area contributed by atoms with Crippen molar-refractivity contribution in [1.82, 2.24) is 4.72 Å². The molecule has 0 unspecified atom stereocenters. The SMILES string of the molecule is CCCCCCCCS(=O)(=O)NC(=O)CCCC=CC[C@H]1[C@@H](COC2CC2)[C@H]2CC[C@@H]1O2. The van der Waals surface area contributed by atoms with Gasteiger partial charge in [0.1, 0.15) is 0 Å². The maximum absolute atomic E-state index is 12.0. The summed E-state index contributed by atoms with van der Waals surface area (Å²) in [5.74, 6) is 0.714. The van der Waals surface area contributed by atoms with Crippen LogP contribution in [0, 0.1) is 11.8 Å². The molecule has 0 aromatic heterocycles. The second-order valence-corrected chi connectivity index (χ2v) is 11.7. The Morgan fingerprint density at radius 1 is 0.969 bits per heavy atom. The summed E-state index contributed by atoms with van der Waals surface area (Å²) < 4.78 is 38.4. The molecule has 0 spiro atoms. The minimum Gasteiger partial charge on any atom is -0.378 e. The molecule has 2 heterocycles. The molecule has 1 aliphatic carbocycles. The average Bonchev–Trinajstić information content (AvgIpc) is 3.37. The lowest BCUT2D eigenvalue weighted by Gasteiger charge is -2.27. The smallest absolute Gasteiger partial charge is 0.234 e. The highest BCUT2D eigenvalue weighted by Gasteiger charge is 2.48. The molecule has 32 heavy (non-hydrogen) atoms. The molecule has 184 valence electrons. The van der Waals surface area contributed by atoms with Crippen molar-refractivity contribution in [1.29, 1.82) is 0 Å². The zero-order valence-electron chi connectivity index (χ0n) is 19.8. The molecule has 6 nitrogen and oxygen atoms in total. The number of allylic oxidation sites excluding steroid dienone is 2. The number of sulfonamides is 1. The minimum absolute atomic E-state index is 0.0437. The summed E-state index contributed by atoms with van der Waals surface area (Å²) in [6, 6.07) is 0. The van der Waals surface area contributed by atoms with Crippen molar-refractivity contribution in [2.75, 3.05) is 12.4 Å². The number of fused-ring (bicyclic) bond motifs is 2. The summed E-state index contributed by atoms with van der Waals surface area (Å²) >= 11 is 0. The number of hydrogen-bond acceptors (Lipinski definition) is 5. The first-order chi connectivity index (χ1) is 15.5. The predicted octanol–water partition coefficient (Wildman–Crippen LogP) is 4.88. The number of rotatable bonds is 17. The van der Waals surface area contributed by atoms with Gasteiger partial charge in [0.15, 0.2) is 0 Å². The molecule has 3 rings (SSSR count). The van der Waals surface area contributed by atoms with Crippen LogP contribution >= 0.6 is 0 Å². The van der Waals surface area contributed by atoms with E-state index >= 15 is 0 Å². The number of nitrogens with one attached hydrogen (secondary N) is 1. The third-order valence-corrected chi connectivity index (χ3v) is 8.39. The van der Waals surface area contributed by atoms with Crippen LogP contribution in [0.5, 0.6) is 0 Å². The van der Waals surface area contributed by atoms with Crippen molar-refractivity contribution in [3.63, 3.8) is 0 Å². The zero-order valence-corrected chi connectivity index (χ0v) is 20.6. The van der Waals surface area contributed by atoms with E-state index < -0.39 is 10.0 Å². The molecule has 3 aliphatic rings. The number of carbonyl (C=O) groups excluding carboxylic acids is 1. The third kappa shape index (κ3) is 8.79. The number of amides is 1. The van der Waals surface area contributed by atoms with Gasteiger partial charge in [0.05, 0.1) is 30.7 Å². The van der Waals surface area contributed by atoms with Gasteiger partial charge in [0.2, 0.25) is 15.9 Å². The maximum Gasteiger partial charge on any atom is 0.234 e. The van der Waals surface area contributed by atoms with E-state index in [9.17, 15) is 13.2 Å². The number of hydrogen-bond donors (Lipinski definition) is 1. The Bertz CT molecular complexity index is 703. The third-order valence-electron chi connectivity index (χ3n) is 7.02. The molecule has 0 aromatic rings. The summed E-state index contributed by atoms with van der Waals surface area (Å²) in [5.41, 5.74) is 0. The highest BCUT2D eigenvalue weighted by Crippen LogP contribution is 2.45. The molecule has 2 aliphatic heterocycles. The van der Waals surface area contributed by atoms with Crippen molar-refractivity contribution in [2.45, 2.75) is 115 Å². The van der Waals surface area contributed by atoms with Gasteiger partial charge >= 0.3 is 0 Å². The van der Waals surface area contributed by atoms with Crippen molar-refractivity contribution < 1.29 is 22.7 Å². The fourth-order valence-electron chi connectivity index (χ4n) is 5.01. The largest absolute Gasteiger partial charge is 0.378 e. The first-order valence-corrected chi connectivity index (χ1v) is 14.6. The van der Waals surface area contributed by atoms with E-state index in [1.54, 1.807) is 0 Å². The van der Waals surface area contributed by atoms with Crippen LogP contribution in [0.25, 0.3) is 0 Å².